The summed E-state index contributed by atoms with van der Waals surface area (Å²) in [6.45, 7) is 1.90. The number of hydrogen-bond acceptors (Lipinski definition) is 6. The molecule has 0 unspecified atom stereocenters. The van der Waals surface area contributed by atoms with Gasteiger partial charge < -0.3 is 9.73 Å². The third-order valence-corrected chi connectivity index (χ3v) is 4.17. The number of benzene rings is 1. The van der Waals surface area contributed by atoms with Crippen molar-refractivity contribution in [3.8, 4) is 11.5 Å². The molecule has 0 radical (unpaired) electrons. The lowest BCUT2D eigenvalue weighted by molar-refractivity contribution is -0.113. The standard InChI is InChI=1S/C16H13ClN4O2S/c1-10-4-5-12(17)7-13(10)19-14(22)9-24-16-21-20-15(23-16)11-3-2-6-18-8-11/h2-8H,9H2,1H3,(H,19,22). The van der Waals surface area contributed by atoms with E-state index in [0.717, 1.165) is 11.1 Å². The van der Waals surface area contributed by atoms with E-state index in [9.17, 15) is 4.79 Å². The third-order valence-electron chi connectivity index (χ3n) is 3.12. The predicted octanol–water partition coefficient (Wildman–Crippen LogP) is 3.82. The number of anilines is 1. The maximum atomic E-state index is 12.1. The first-order chi connectivity index (χ1) is 11.6. The van der Waals surface area contributed by atoms with E-state index < -0.39 is 0 Å². The van der Waals surface area contributed by atoms with Crippen molar-refractivity contribution in [1.29, 1.82) is 0 Å². The Balaban J connectivity index is 1.59. The number of aryl methyl sites for hydroxylation is 1. The predicted molar refractivity (Wildman–Crippen MR) is 93.1 cm³/mol. The number of hydrogen-bond donors (Lipinski definition) is 1. The molecule has 2 heterocycles. The Morgan fingerprint density at radius 2 is 2.21 bits per heavy atom. The number of pyridine rings is 1. The van der Waals surface area contributed by atoms with Crippen LogP contribution < -0.4 is 5.32 Å². The van der Waals surface area contributed by atoms with Crippen LogP contribution in [0.15, 0.2) is 52.4 Å². The quantitative estimate of drug-likeness (QED) is 0.696. The van der Waals surface area contributed by atoms with Gasteiger partial charge in [-0.1, -0.05) is 29.4 Å². The van der Waals surface area contributed by atoms with Crippen LogP contribution in [0.5, 0.6) is 0 Å². The topological polar surface area (TPSA) is 80.9 Å². The van der Waals surface area contributed by atoms with E-state index in [1.807, 2.05) is 19.1 Å². The number of carbonyl (C=O) groups excluding carboxylic acids is 1. The average Bonchev–Trinajstić information content (AvgIpc) is 3.06. The summed E-state index contributed by atoms with van der Waals surface area (Å²) < 4.78 is 5.51. The Bertz CT molecular complexity index is 854. The normalized spacial score (nSPS) is 10.6. The van der Waals surface area contributed by atoms with Crippen molar-refractivity contribution in [2.75, 3.05) is 11.1 Å². The van der Waals surface area contributed by atoms with Crippen LogP contribution in [-0.4, -0.2) is 26.8 Å². The Morgan fingerprint density at radius 1 is 1.33 bits per heavy atom. The molecule has 0 fully saturated rings. The monoisotopic (exact) mass is 360 g/mol. The van der Waals surface area contributed by atoms with Crippen molar-refractivity contribution in [2.24, 2.45) is 0 Å². The van der Waals surface area contributed by atoms with Crippen molar-refractivity contribution in [2.45, 2.75) is 12.1 Å². The van der Waals surface area contributed by atoms with Crippen LogP contribution in [0.3, 0.4) is 0 Å². The molecule has 0 aliphatic heterocycles. The van der Waals surface area contributed by atoms with Crippen LogP contribution in [-0.2, 0) is 4.79 Å². The number of amides is 1. The van der Waals surface area contributed by atoms with Gasteiger partial charge in [-0.2, -0.15) is 0 Å². The summed E-state index contributed by atoms with van der Waals surface area (Å²) in [6, 6.07) is 8.95. The van der Waals surface area contributed by atoms with Crippen LogP contribution in [0.2, 0.25) is 5.02 Å². The summed E-state index contributed by atoms with van der Waals surface area (Å²) in [7, 11) is 0. The fourth-order valence-electron chi connectivity index (χ4n) is 1.92. The summed E-state index contributed by atoms with van der Waals surface area (Å²) in [5.41, 5.74) is 2.36. The van der Waals surface area contributed by atoms with E-state index in [-0.39, 0.29) is 11.7 Å². The van der Waals surface area contributed by atoms with E-state index >= 15 is 0 Å². The highest BCUT2D eigenvalue weighted by Gasteiger charge is 2.12. The number of rotatable bonds is 5. The minimum atomic E-state index is -0.175. The molecular formula is C16H13ClN4O2S. The molecule has 0 aliphatic rings. The number of nitrogens with zero attached hydrogens (tertiary/aromatic N) is 3. The van der Waals surface area contributed by atoms with Crippen LogP contribution in [0.25, 0.3) is 11.5 Å². The van der Waals surface area contributed by atoms with E-state index in [2.05, 4.69) is 20.5 Å². The lowest BCUT2D eigenvalue weighted by Crippen LogP contribution is -2.14. The number of carbonyl (C=O) groups is 1. The molecule has 3 aromatic rings. The van der Waals surface area contributed by atoms with Gasteiger partial charge in [-0.05, 0) is 36.8 Å². The fraction of sp³-hybridized carbons (Fsp3) is 0.125. The third kappa shape index (κ3) is 4.12. The maximum absolute atomic E-state index is 12.1. The molecule has 8 heteroatoms. The SMILES string of the molecule is Cc1ccc(Cl)cc1NC(=O)CSc1nnc(-c2cccnc2)o1. The molecule has 6 nitrogen and oxygen atoms in total. The summed E-state index contributed by atoms with van der Waals surface area (Å²) in [4.78, 5) is 16.0. The van der Waals surface area contributed by atoms with E-state index in [1.165, 1.54) is 11.8 Å². The Morgan fingerprint density at radius 3 is 3.00 bits per heavy atom. The van der Waals surface area contributed by atoms with Crippen LogP contribution in [0.4, 0.5) is 5.69 Å². The van der Waals surface area contributed by atoms with Gasteiger partial charge in [0.2, 0.25) is 11.8 Å². The first kappa shape index (κ1) is 16.5. The van der Waals surface area contributed by atoms with Crippen LogP contribution in [0, 0.1) is 6.92 Å². The molecule has 1 N–H and O–H groups in total. The molecule has 0 spiro atoms. The number of halogens is 1. The molecule has 2 aromatic heterocycles. The second kappa shape index (κ2) is 7.46. The minimum Gasteiger partial charge on any atom is -0.411 e. The molecule has 0 atom stereocenters. The molecule has 0 bridgehead atoms. The van der Waals surface area contributed by atoms with Gasteiger partial charge in [-0.25, -0.2) is 0 Å². The van der Waals surface area contributed by atoms with Gasteiger partial charge in [-0.15, -0.1) is 10.2 Å². The highest BCUT2D eigenvalue weighted by atomic mass is 35.5. The zero-order chi connectivity index (χ0) is 16.9. The van der Waals surface area contributed by atoms with E-state index in [1.54, 1.807) is 30.6 Å². The summed E-state index contributed by atoms with van der Waals surface area (Å²) in [5, 5.41) is 11.6. The minimum absolute atomic E-state index is 0.153. The second-order valence-corrected chi connectivity index (χ2v) is 6.27. The summed E-state index contributed by atoms with van der Waals surface area (Å²) >= 11 is 7.11. The van der Waals surface area contributed by atoms with E-state index in [0.29, 0.717) is 21.8 Å². The second-order valence-electron chi connectivity index (χ2n) is 4.91. The number of aromatic nitrogens is 3. The van der Waals surface area contributed by atoms with Gasteiger partial charge in [0, 0.05) is 23.1 Å². The molecule has 122 valence electrons. The molecule has 1 aromatic carbocycles. The summed E-state index contributed by atoms with van der Waals surface area (Å²) in [6.07, 6.45) is 3.30. The smallest absolute Gasteiger partial charge is 0.277 e. The van der Waals surface area contributed by atoms with Gasteiger partial charge in [0.25, 0.3) is 5.22 Å². The number of nitrogens with one attached hydrogen (secondary N) is 1. The zero-order valence-electron chi connectivity index (χ0n) is 12.7. The van der Waals surface area contributed by atoms with Gasteiger partial charge in [-0.3, -0.25) is 9.78 Å². The van der Waals surface area contributed by atoms with Gasteiger partial charge in [0.1, 0.15) is 0 Å². The fourth-order valence-corrected chi connectivity index (χ4v) is 2.65. The van der Waals surface area contributed by atoms with Crippen molar-refractivity contribution in [3.63, 3.8) is 0 Å². The largest absolute Gasteiger partial charge is 0.411 e. The Labute approximate surface area is 147 Å². The molecule has 0 saturated heterocycles. The molecule has 0 saturated carbocycles. The highest BCUT2D eigenvalue weighted by molar-refractivity contribution is 7.99. The van der Waals surface area contributed by atoms with Gasteiger partial charge in [0.05, 0.1) is 11.3 Å². The first-order valence-corrected chi connectivity index (χ1v) is 8.41. The highest BCUT2D eigenvalue weighted by Crippen LogP contribution is 2.23. The van der Waals surface area contributed by atoms with Gasteiger partial charge in [0.15, 0.2) is 0 Å². The van der Waals surface area contributed by atoms with Gasteiger partial charge >= 0.3 is 0 Å². The Kier molecular flexibility index (Phi) is 5.12. The molecule has 3 rings (SSSR count). The van der Waals surface area contributed by atoms with E-state index in [4.69, 9.17) is 16.0 Å². The Hall–Kier alpha value is -2.38. The van der Waals surface area contributed by atoms with Crippen molar-refractivity contribution >= 4 is 35.0 Å². The molecule has 0 aliphatic carbocycles. The van der Waals surface area contributed by atoms with Crippen molar-refractivity contribution < 1.29 is 9.21 Å². The number of thioether (sulfide) groups is 1. The van der Waals surface area contributed by atoms with Crippen LogP contribution >= 0.6 is 23.4 Å². The molecule has 1 amide bonds. The average molecular weight is 361 g/mol. The zero-order valence-corrected chi connectivity index (χ0v) is 14.3. The van der Waals surface area contributed by atoms with Crippen molar-refractivity contribution in [1.82, 2.24) is 15.2 Å². The van der Waals surface area contributed by atoms with Crippen LogP contribution in [0.1, 0.15) is 5.56 Å². The molecular weight excluding hydrogens is 348 g/mol. The lowest BCUT2D eigenvalue weighted by Gasteiger charge is -2.07. The summed E-state index contributed by atoms with van der Waals surface area (Å²) in [5.74, 6) is 0.351. The van der Waals surface area contributed by atoms with Crippen molar-refractivity contribution in [3.05, 3.63) is 53.3 Å². The maximum Gasteiger partial charge on any atom is 0.277 e. The molecule has 24 heavy (non-hydrogen) atoms. The first-order valence-electron chi connectivity index (χ1n) is 7.04. The lowest BCUT2D eigenvalue weighted by atomic mass is 10.2.